The van der Waals surface area contributed by atoms with Crippen LogP contribution >= 0.6 is 0 Å². The number of rotatable bonds is 3. The smallest absolute Gasteiger partial charge is 0.215 e. The van der Waals surface area contributed by atoms with Crippen LogP contribution < -0.4 is 15.2 Å². The number of aromatic amines is 1. The summed E-state index contributed by atoms with van der Waals surface area (Å²) in [6.07, 6.45) is 0. The Kier molecular flexibility index (Phi) is 2.90. The van der Waals surface area contributed by atoms with Crippen molar-refractivity contribution in [3.63, 3.8) is 0 Å². The van der Waals surface area contributed by atoms with Gasteiger partial charge in [0.25, 0.3) is 0 Å². The molecular weight excluding hydrogens is 256 g/mol. The molecule has 2 heterocycles. The van der Waals surface area contributed by atoms with Gasteiger partial charge in [-0.3, -0.25) is 0 Å². The number of ether oxygens (including phenoxy) is 2. The topological polar surface area (TPSA) is 86.1 Å². The van der Waals surface area contributed by atoms with Crippen molar-refractivity contribution < 1.29 is 9.47 Å². The van der Waals surface area contributed by atoms with E-state index >= 15 is 0 Å². The lowest BCUT2D eigenvalue weighted by molar-refractivity contribution is 0.399. The van der Waals surface area contributed by atoms with Crippen LogP contribution in [0.4, 0.5) is 5.69 Å². The van der Waals surface area contributed by atoms with Crippen LogP contribution in [-0.4, -0.2) is 29.2 Å². The van der Waals surface area contributed by atoms with Crippen LogP contribution in [0, 0.1) is 0 Å². The largest absolute Gasteiger partial charge is 0.497 e. The molecule has 0 unspecified atom stereocenters. The van der Waals surface area contributed by atoms with Crippen LogP contribution in [0.25, 0.3) is 22.6 Å². The maximum absolute atomic E-state index is 6.02. The molecule has 2 aromatic heterocycles. The average Bonchev–Trinajstić information content (AvgIpc) is 2.89. The number of imidazole rings is 1. The molecular formula is C14H14N4O2. The second-order valence-electron chi connectivity index (χ2n) is 4.26. The Hall–Kier alpha value is -2.76. The second kappa shape index (κ2) is 4.73. The third-order valence-electron chi connectivity index (χ3n) is 3.04. The Bertz CT molecular complexity index is 767. The number of benzene rings is 1. The zero-order valence-corrected chi connectivity index (χ0v) is 11.2. The summed E-state index contributed by atoms with van der Waals surface area (Å²) in [5.41, 5.74) is 8.84. The number of anilines is 1. The van der Waals surface area contributed by atoms with E-state index in [9.17, 15) is 0 Å². The first kappa shape index (κ1) is 12.3. The molecule has 0 fully saturated rings. The van der Waals surface area contributed by atoms with Crippen molar-refractivity contribution in [3.05, 3.63) is 30.3 Å². The number of nitrogens with zero attached hydrogens (tertiary/aromatic N) is 2. The van der Waals surface area contributed by atoms with Crippen molar-refractivity contribution in [2.75, 3.05) is 20.0 Å². The normalized spacial score (nSPS) is 10.7. The number of nitrogen functional groups attached to an aromatic ring is 1. The van der Waals surface area contributed by atoms with Crippen LogP contribution in [0.3, 0.4) is 0 Å². The SMILES string of the molecule is COc1ccc(-c2nc3nc(OC)ccc3[nH]2)c(N)c1. The highest BCUT2D eigenvalue weighted by molar-refractivity contribution is 5.80. The highest BCUT2D eigenvalue weighted by atomic mass is 16.5. The molecule has 1 aromatic carbocycles. The van der Waals surface area contributed by atoms with Gasteiger partial charge in [0.1, 0.15) is 11.6 Å². The molecule has 0 bridgehead atoms. The Labute approximate surface area is 115 Å². The number of nitrogens with one attached hydrogen (secondary N) is 1. The second-order valence-corrected chi connectivity index (χ2v) is 4.26. The van der Waals surface area contributed by atoms with Gasteiger partial charge in [0.2, 0.25) is 5.88 Å². The van der Waals surface area contributed by atoms with E-state index in [1.54, 1.807) is 26.4 Å². The number of nitrogens with two attached hydrogens (primary N) is 1. The zero-order valence-electron chi connectivity index (χ0n) is 11.2. The lowest BCUT2D eigenvalue weighted by Gasteiger charge is -2.05. The number of methoxy groups -OCH3 is 2. The van der Waals surface area contributed by atoms with Gasteiger partial charge in [0.15, 0.2) is 5.65 Å². The van der Waals surface area contributed by atoms with Gasteiger partial charge < -0.3 is 20.2 Å². The number of hydrogen-bond acceptors (Lipinski definition) is 5. The van der Waals surface area contributed by atoms with Crippen molar-refractivity contribution in [2.24, 2.45) is 0 Å². The third-order valence-corrected chi connectivity index (χ3v) is 3.04. The van der Waals surface area contributed by atoms with E-state index in [-0.39, 0.29) is 0 Å². The van der Waals surface area contributed by atoms with Gasteiger partial charge in [-0.15, -0.1) is 0 Å². The molecule has 6 nitrogen and oxygen atoms in total. The maximum atomic E-state index is 6.02. The predicted molar refractivity (Wildman–Crippen MR) is 76.8 cm³/mol. The van der Waals surface area contributed by atoms with E-state index in [0.29, 0.717) is 28.8 Å². The molecule has 0 radical (unpaired) electrons. The summed E-state index contributed by atoms with van der Waals surface area (Å²) in [5.74, 6) is 1.90. The molecule has 0 spiro atoms. The number of aromatic nitrogens is 3. The molecule has 0 aliphatic heterocycles. The highest BCUT2D eigenvalue weighted by Gasteiger charge is 2.10. The highest BCUT2D eigenvalue weighted by Crippen LogP contribution is 2.28. The molecule has 0 saturated heterocycles. The minimum atomic E-state index is 0.526. The van der Waals surface area contributed by atoms with Crippen LogP contribution in [0.1, 0.15) is 0 Å². The fourth-order valence-electron chi connectivity index (χ4n) is 2.00. The lowest BCUT2D eigenvalue weighted by atomic mass is 10.1. The van der Waals surface area contributed by atoms with E-state index in [1.165, 1.54) is 0 Å². The average molecular weight is 270 g/mol. The van der Waals surface area contributed by atoms with Crippen molar-refractivity contribution in [3.8, 4) is 23.0 Å². The van der Waals surface area contributed by atoms with Gasteiger partial charge in [-0.1, -0.05) is 0 Å². The first-order valence-corrected chi connectivity index (χ1v) is 6.06. The molecule has 3 aromatic rings. The Morgan fingerprint density at radius 1 is 1.05 bits per heavy atom. The number of H-pyrrole nitrogens is 1. The number of pyridine rings is 1. The van der Waals surface area contributed by atoms with Crippen LogP contribution in [0.2, 0.25) is 0 Å². The van der Waals surface area contributed by atoms with Gasteiger partial charge in [0, 0.05) is 23.4 Å². The summed E-state index contributed by atoms with van der Waals surface area (Å²) in [6, 6.07) is 9.12. The summed E-state index contributed by atoms with van der Waals surface area (Å²) in [7, 11) is 3.18. The van der Waals surface area contributed by atoms with Crippen LogP contribution in [0.15, 0.2) is 30.3 Å². The maximum Gasteiger partial charge on any atom is 0.215 e. The quantitative estimate of drug-likeness (QED) is 0.713. The van der Waals surface area contributed by atoms with Crippen LogP contribution in [0.5, 0.6) is 11.6 Å². The van der Waals surface area contributed by atoms with E-state index in [2.05, 4.69) is 15.0 Å². The van der Waals surface area contributed by atoms with Crippen molar-refractivity contribution in [2.45, 2.75) is 0 Å². The van der Waals surface area contributed by atoms with Crippen molar-refractivity contribution in [1.29, 1.82) is 0 Å². The van der Waals surface area contributed by atoms with E-state index in [0.717, 1.165) is 11.1 Å². The summed E-state index contributed by atoms with van der Waals surface area (Å²) in [5, 5.41) is 0. The van der Waals surface area contributed by atoms with E-state index in [1.807, 2.05) is 18.2 Å². The van der Waals surface area contributed by atoms with Gasteiger partial charge in [0.05, 0.1) is 19.7 Å². The Balaban J connectivity index is 2.10. The number of fused-ring (bicyclic) bond motifs is 1. The minimum Gasteiger partial charge on any atom is -0.497 e. The van der Waals surface area contributed by atoms with Gasteiger partial charge in [-0.2, -0.15) is 4.98 Å². The summed E-state index contributed by atoms with van der Waals surface area (Å²) in [6.45, 7) is 0. The minimum absolute atomic E-state index is 0.526. The molecule has 0 atom stereocenters. The monoisotopic (exact) mass is 270 g/mol. The molecule has 0 aliphatic rings. The van der Waals surface area contributed by atoms with E-state index < -0.39 is 0 Å². The van der Waals surface area contributed by atoms with Gasteiger partial charge in [-0.05, 0) is 18.2 Å². The zero-order chi connectivity index (χ0) is 14.1. The van der Waals surface area contributed by atoms with Crippen molar-refractivity contribution in [1.82, 2.24) is 15.0 Å². The number of hydrogen-bond donors (Lipinski definition) is 2. The van der Waals surface area contributed by atoms with Crippen molar-refractivity contribution >= 4 is 16.9 Å². The Morgan fingerprint density at radius 2 is 1.90 bits per heavy atom. The molecule has 3 N–H and O–H groups in total. The lowest BCUT2D eigenvalue weighted by Crippen LogP contribution is -1.93. The summed E-state index contributed by atoms with van der Waals surface area (Å²) >= 11 is 0. The molecule has 0 amide bonds. The predicted octanol–water partition coefficient (Wildman–Crippen LogP) is 2.22. The molecule has 20 heavy (non-hydrogen) atoms. The third kappa shape index (κ3) is 2.01. The van der Waals surface area contributed by atoms with Crippen LogP contribution in [-0.2, 0) is 0 Å². The van der Waals surface area contributed by atoms with Gasteiger partial charge in [-0.25, -0.2) is 4.98 Å². The fourth-order valence-corrected chi connectivity index (χ4v) is 2.00. The first-order chi connectivity index (χ1) is 9.71. The molecule has 0 saturated carbocycles. The standard InChI is InChI=1S/C14H14N4O2/c1-19-8-3-4-9(10(15)7-8)13-16-11-5-6-12(20-2)17-14(11)18-13/h3-7H,15H2,1-2H3,(H,16,17,18). The fraction of sp³-hybridized carbons (Fsp3) is 0.143. The molecule has 102 valence electrons. The van der Waals surface area contributed by atoms with Gasteiger partial charge >= 0.3 is 0 Å². The molecule has 0 aliphatic carbocycles. The Morgan fingerprint density at radius 3 is 2.60 bits per heavy atom. The molecule has 3 rings (SSSR count). The summed E-state index contributed by atoms with van der Waals surface area (Å²) in [4.78, 5) is 11.9. The summed E-state index contributed by atoms with van der Waals surface area (Å²) < 4.78 is 10.2. The first-order valence-electron chi connectivity index (χ1n) is 6.06. The molecule has 6 heteroatoms. The van der Waals surface area contributed by atoms with E-state index in [4.69, 9.17) is 15.2 Å².